The topological polar surface area (TPSA) is 60.0 Å². The van der Waals surface area contributed by atoms with Crippen molar-refractivity contribution in [2.45, 2.75) is 58.0 Å². The minimum Gasteiger partial charge on any atom is -0.357 e. The molecule has 2 aliphatic rings. The Kier molecular flexibility index (Phi) is 11.0. The molecule has 0 bridgehead atoms. The summed E-state index contributed by atoms with van der Waals surface area (Å²) in [6.45, 7) is 6.55. The predicted octanol–water partition coefficient (Wildman–Crippen LogP) is 4.13. The number of halogens is 2. The summed E-state index contributed by atoms with van der Waals surface area (Å²) in [5, 5.41) is 7.80. The quantitative estimate of drug-likeness (QED) is 0.292. The zero-order valence-electron chi connectivity index (χ0n) is 19.7. The summed E-state index contributed by atoms with van der Waals surface area (Å²) < 4.78 is 0. The van der Waals surface area contributed by atoms with Gasteiger partial charge in [-0.15, -0.1) is 24.0 Å². The summed E-state index contributed by atoms with van der Waals surface area (Å²) in [5.74, 6) is 1.07. The molecule has 0 spiro atoms. The second-order valence-electron chi connectivity index (χ2n) is 9.20. The first kappa shape index (κ1) is 27.2. The number of nitrogens with zero attached hydrogens (tertiary/aromatic N) is 3. The van der Waals surface area contributed by atoms with Crippen molar-refractivity contribution in [3.05, 3.63) is 34.9 Å². The maximum absolute atomic E-state index is 12.8. The number of aliphatic imine (C=N–C) groups is 1. The Bertz CT molecular complexity index is 741. The van der Waals surface area contributed by atoms with E-state index < -0.39 is 0 Å². The van der Waals surface area contributed by atoms with E-state index in [-0.39, 0.29) is 35.3 Å². The number of piperidine rings is 1. The van der Waals surface area contributed by atoms with Crippen LogP contribution < -0.4 is 10.6 Å². The van der Waals surface area contributed by atoms with E-state index in [1.165, 1.54) is 5.56 Å². The number of guanidine groups is 1. The Morgan fingerprint density at radius 3 is 2.38 bits per heavy atom. The van der Waals surface area contributed by atoms with Crippen molar-refractivity contribution >= 4 is 47.4 Å². The summed E-state index contributed by atoms with van der Waals surface area (Å²) >= 11 is 6.00. The maximum Gasteiger partial charge on any atom is 0.230 e. The monoisotopic (exact) mass is 575 g/mol. The fourth-order valence-corrected chi connectivity index (χ4v) is 4.92. The molecule has 1 saturated heterocycles. The van der Waals surface area contributed by atoms with E-state index >= 15 is 0 Å². The number of carbonyl (C=O) groups excluding carboxylic acids is 1. The molecule has 3 rings (SSSR count). The van der Waals surface area contributed by atoms with Crippen molar-refractivity contribution in [1.29, 1.82) is 0 Å². The Labute approximate surface area is 215 Å². The fourth-order valence-electron chi connectivity index (χ4n) is 4.79. The highest BCUT2D eigenvalue weighted by atomic mass is 127. The molecule has 180 valence electrons. The lowest BCUT2D eigenvalue weighted by molar-refractivity contribution is -0.138. The second-order valence-corrected chi connectivity index (χ2v) is 9.64. The summed E-state index contributed by atoms with van der Waals surface area (Å²) in [5.41, 5.74) is 0.978. The lowest BCUT2D eigenvalue weighted by Gasteiger charge is -2.33. The van der Waals surface area contributed by atoms with Gasteiger partial charge in [0.15, 0.2) is 5.96 Å². The van der Waals surface area contributed by atoms with E-state index in [9.17, 15) is 4.79 Å². The average Bonchev–Trinajstić information content (AvgIpc) is 3.24. The van der Waals surface area contributed by atoms with E-state index in [0.717, 1.165) is 75.7 Å². The molecule has 1 aromatic carbocycles. The number of hydrogen-bond donors (Lipinski definition) is 2. The van der Waals surface area contributed by atoms with E-state index in [2.05, 4.69) is 34.6 Å². The highest BCUT2D eigenvalue weighted by Gasteiger charge is 2.42. The minimum absolute atomic E-state index is 0. The number of hydrogen-bond acceptors (Lipinski definition) is 3. The summed E-state index contributed by atoms with van der Waals surface area (Å²) in [6.07, 6.45) is 6.28. The van der Waals surface area contributed by atoms with Crippen LogP contribution in [0.3, 0.4) is 0 Å². The molecule has 8 heteroatoms. The van der Waals surface area contributed by atoms with Gasteiger partial charge in [0.25, 0.3) is 0 Å². The summed E-state index contributed by atoms with van der Waals surface area (Å²) in [7, 11) is 3.71. The molecule has 32 heavy (non-hydrogen) atoms. The van der Waals surface area contributed by atoms with Crippen LogP contribution in [-0.4, -0.2) is 68.0 Å². The lowest BCUT2D eigenvalue weighted by atomic mass is 9.85. The SMILES string of the molecule is CCNC(=NCC1(C(=O)N(C)C)CCCC1)NC1CCN(Cc2ccc(Cl)cc2)CC1.I. The van der Waals surface area contributed by atoms with Gasteiger partial charge in [0, 0.05) is 51.3 Å². The van der Waals surface area contributed by atoms with Gasteiger partial charge in [-0.1, -0.05) is 36.6 Å². The van der Waals surface area contributed by atoms with Gasteiger partial charge in [-0.3, -0.25) is 14.7 Å². The number of amides is 1. The Balaban J connectivity index is 0.00000363. The van der Waals surface area contributed by atoms with Crippen LogP contribution in [0.5, 0.6) is 0 Å². The molecule has 1 heterocycles. The molecular formula is C24H39ClIN5O. The molecule has 2 N–H and O–H groups in total. The normalized spacial score (nSPS) is 19.3. The van der Waals surface area contributed by atoms with Crippen molar-refractivity contribution < 1.29 is 4.79 Å². The molecule has 1 saturated carbocycles. The van der Waals surface area contributed by atoms with Crippen LogP contribution in [0.15, 0.2) is 29.3 Å². The van der Waals surface area contributed by atoms with Crippen LogP contribution in [0, 0.1) is 5.41 Å². The number of likely N-dealkylation sites (tertiary alicyclic amines) is 1. The van der Waals surface area contributed by atoms with Crippen LogP contribution >= 0.6 is 35.6 Å². The molecular weight excluding hydrogens is 537 g/mol. The number of nitrogens with one attached hydrogen (secondary N) is 2. The molecule has 1 aliphatic heterocycles. The first-order valence-corrected chi connectivity index (χ1v) is 12.0. The zero-order valence-corrected chi connectivity index (χ0v) is 22.8. The van der Waals surface area contributed by atoms with Gasteiger partial charge in [0.2, 0.25) is 5.91 Å². The molecule has 0 atom stereocenters. The number of benzene rings is 1. The van der Waals surface area contributed by atoms with Crippen LogP contribution in [-0.2, 0) is 11.3 Å². The Morgan fingerprint density at radius 1 is 1.19 bits per heavy atom. The molecule has 6 nitrogen and oxygen atoms in total. The molecule has 1 amide bonds. The van der Waals surface area contributed by atoms with E-state index in [1.54, 1.807) is 4.90 Å². The third kappa shape index (κ3) is 7.48. The van der Waals surface area contributed by atoms with Crippen molar-refractivity contribution in [3.8, 4) is 0 Å². The number of rotatable bonds is 7. The highest BCUT2D eigenvalue weighted by Crippen LogP contribution is 2.39. The van der Waals surface area contributed by atoms with Crippen molar-refractivity contribution in [3.63, 3.8) is 0 Å². The van der Waals surface area contributed by atoms with Crippen LogP contribution in [0.4, 0.5) is 0 Å². The van der Waals surface area contributed by atoms with Crippen molar-refractivity contribution in [1.82, 2.24) is 20.4 Å². The van der Waals surface area contributed by atoms with E-state index in [1.807, 2.05) is 26.2 Å². The van der Waals surface area contributed by atoms with Gasteiger partial charge in [0.05, 0.1) is 12.0 Å². The molecule has 0 aromatic heterocycles. The van der Waals surface area contributed by atoms with Gasteiger partial charge in [0.1, 0.15) is 0 Å². The average molecular weight is 576 g/mol. The van der Waals surface area contributed by atoms with Crippen LogP contribution in [0.25, 0.3) is 0 Å². The maximum atomic E-state index is 12.8. The summed E-state index contributed by atoms with van der Waals surface area (Å²) in [4.78, 5) is 21.9. The first-order valence-electron chi connectivity index (χ1n) is 11.7. The number of carbonyl (C=O) groups is 1. The Morgan fingerprint density at radius 2 is 1.81 bits per heavy atom. The summed E-state index contributed by atoms with van der Waals surface area (Å²) in [6, 6.07) is 8.54. The minimum atomic E-state index is -0.326. The fraction of sp³-hybridized carbons (Fsp3) is 0.667. The van der Waals surface area contributed by atoms with Crippen molar-refractivity contribution in [2.24, 2.45) is 10.4 Å². The van der Waals surface area contributed by atoms with Crippen molar-refractivity contribution in [2.75, 3.05) is 40.3 Å². The van der Waals surface area contributed by atoms with Gasteiger partial charge in [-0.2, -0.15) is 0 Å². The van der Waals surface area contributed by atoms with E-state index in [0.29, 0.717) is 12.6 Å². The third-order valence-corrected chi connectivity index (χ3v) is 6.80. The second kappa shape index (κ2) is 13.0. The molecule has 2 fully saturated rings. The molecule has 1 aliphatic carbocycles. The predicted molar refractivity (Wildman–Crippen MR) is 144 cm³/mol. The smallest absolute Gasteiger partial charge is 0.230 e. The molecule has 0 radical (unpaired) electrons. The van der Waals surface area contributed by atoms with Crippen LogP contribution in [0.1, 0.15) is 51.0 Å². The standard InChI is InChI=1S/C24H38ClN5O.HI/c1-4-26-23(27-18-24(13-5-6-14-24)22(31)29(2)3)28-21-11-15-30(16-12-21)17-19-7-9-20(25)10-8-19;/h7-10,21H,4-6,11-18H2,1-3H3,(H2,26,27,28);1H. The van der Waals surface area contributed by atoms with Gasteiger partial charge >= 0.3 is 0 Å². The van der Waals surface area contributed by atoms with Crippen LogP contribution in [0.2, 0.25) is 5.02 Å². The Hall–Kier alpha value is -1.06. The van der Waals surface area contributed by atoms with Gasteiger partial charge in [-0.05, 0) is 50.3 Å². The zero-order chi connectivity index (χ0) is 22.3. The first-order chi connectivity index (χ1) is 14.9. The van der Waals surface area contributed by atoms with Gasteiger partial charge in [-0.25, -0.2) is 0 Å². The van der Waals surface area contributed by atoms with Gasteiger partial charge < -0.3 is 15.5 Å². The highest BCUT2D eigenvalue weighted by molar-refractivity contribution is 14.0. The third-order valence-electron chi connectivity index (χ3n) is 6.55. The van der Waals surface area contributed by atoms with E-state index in [4.69, 9.17) is 16.6 Å². The molecule has 1 aromatic rings. The molecule has 0 unspecified atom stereocenters. The lowest BCUT2D eigenvalue weighted by Crippen LogP contribution is -2.49. The largest absolute Gasteiger partial charge is 0.357 e.